The Morgan fingerprint density at radius 3 is 2.53 bits per heavy atom. The van der Waals surface area contributed by atoms with Gasteiger partial charge in [-0.3, -0.25) is 10.1 Å². The van der Waals surface area contributed by atoms with Crippen LogP contribution in [0.25, 0.3) is 22.1 Å². The van der Waals surface area contributed by atoms with Crippen molar-refractivity contribution >= 4 is 22.5 Å². The number of nitro groups is 1. The van der Waals surface area contributed by atoms with Crippen molar-refractivity contribution in [3.63, 3.8) is 0 Å². The topological polar surface area (TPSA) is 82.3 Å². The Kier molecular flexibility index (Phi) is 2.45. The van der Waals surface area contributed by atoms with Crippen LogP contribution in [-0.4, -0.2) is 4.92 Å². The van der Waals surface area contributed by atoms with Gasteiger partial charge >= 0.3 is 5.88 Å². The highest BCUT2D eigenvalue weighted by atomic mass is 16.6. The van der Waals surface area contributed by atoms with Gasteiger partial charge in [-0.15, -0.1) is 0 Å². The molecule has 0 aliphatic heterocycles. The first-order chi connectivity index (χ1) is 9.16. The van der Waals surface area contributed by atoms with Gasteiger partial charge in [0.05, 0.1) is 0 Å². The molecule has 3 aromatic rings. The maximum atomic E-state index is 11.1. The summed E-state index contributed by atoms with van der Waals surface area (Å²) in [6, 6.07) is 14.2. The van der Waals surface area contributed by atoms with Crippen molar-refractivity contribution < 1.29 is 9.34 Å². The molecule has 0 unspecified atom stereocenters. The highest BCUT2D eigenvalue weighted by Crippen LogP contribution is 2.40. The summed E-state index contributed by atoms with van der Waals surface area (Å²) in [5.41, 5.74) is 7.83. The molecule has 2 N–H and O–H groups in total. The molecule has 0 spiro atoms. The standard InChI is InChI=1S/C14H10N2O3/c15-10-6-7-11-12(8-10)19-14(16(17)18)13(11)9-4-2-1-3-5-9/h1-8H,15H2. The van der Waals surface area contributed by atoms with Crippen molar-refractivity contribution in [2.45, 2.75) is 0 Å². The smallest absolute Gasteiger partial charge is 0.400 e. The van der Waals surface area contributed by atoms with Crippen molar-refractivity contribution in [1.82, 2.24) is 0 Å². The van der Waals surface area contributed by atoms with Crippen LogP contribution in [0.4, 0.5) is 11.6 Å². The van der Waals surface area contributed by atoms with E-state index in [1.165, 1.54) is 0 Å². The van der Waals surface area contributed by atoms with Gasteiger partial charge in [0.15, 0.2) is 0 Å². The molecule has 2 aromatic carbocycles. The molecule has 0 fully saturated rings. The molecule has 0 amide bonds. The quantitative estimate of drug-likeness (QED) is 0.430. The fourth-order valence-electron chi connectivity index (χ4n) is 2.11. The minimum atomic E-state index is -0.515. The van der Waals surface area contributed by atoms with Crippen LogP contribution in [0.3, 0.4) is 0 Å². The number of nitrogen functional groups attached to an aromatic ring is 1. The fraction of sp³-hybridized carbons (Fsp3) is 0. The fourth-order valence-corrected chi connectivity index (χ4v) is 2.11. The van der Waals surface area contributed by atoms with E-state index in [9.17, 15) is 10.1 Å². The highest BCUT2D eigenvalue weighted by Gasteiger charge is 2.24. The Balaban J connectivity index is 2.38. The maximum absolute atomic E-state index is 11.1. The first-order valence-corrected chi connectivity index (χ1v) is 5.68. The van der Waals surface area contributed by atoms with Crippen molar-refractivity contribution in [2.24, 2.45) is 0 Å². The van der Waals surface area contributed by atoms with Crippen LogP contribution < -0.4 is 5.73 Å². The van der Waals surface area contributed by atoms with E-state index >= 15 is 0 Å². The number of furan rings is 1. The molecule has 0 aliphatic rings. The number of rotatable bonds is 2. The first-order valence-electron chi connectivity index (χ1n) is 5.68. The third kappa shape index (κ3) is 1.81. The molecule has 0 atom stereocenters. The maximum Gasteiger partial charge on any atom is 0.442 e. The van der Waals surface area contributed by atoms with Gasteiger partial charge in [0.1, 0.15) is 16.1 Å². The number of nitrogens with zero attached hydrogens (tertiary/aromatic N) is 1. The number of anilines is 1. The minimum absolute atomic E-state index is 0.258. The van der Waals surface area contributed by atoms with E-state index in [1.54, 1.807) is 18.2 Å². The van der Waals surface area contributed by atoms with E-state index in [1.807, 2.05) is 30.3 Å². The minimum Gasteiger partial charge on any atom is -0.400 e. The van der Waals surface area contributed by atoms with Crippen LogP contribution in [0.1, 0.15) is 0 Å². The van der Waals surface area contributed by atoms with Crippen LogP contribution in [0.15, 0.2) is 52.9 Å². The zero-order valence-corrected chi connectivity index (χ0v) is 9.87. The average Bonchev–Trinajstić information content (AvgIpc) is 2.78. The lowest BCUT2D eigenvalue weighted by molar-refractivity contribution is -0.400. The van der Waals surface area contributed by atoms with Gasteiger partial charge < -0.3 is 10.2 Å². The van der Waals surface area contributed by atoms with E-state index in [0.29, 0.717) is 22.2 Å². The van der Waals surface area contributed by atoms with E-state index in [-0.39, 0.29) is 5.88 Å². The van der Waals surface area contributed by atoms with Gasteiger partial charge in [-0.1, -0.05) is 30.3 Å². The number of fused-ring (bicyclic) bond motifs is 1. The van der Waals surface area contributed by atoms with E-state index in [2.05, 4.69) is 0 Å². The summed E-state index contributed by atoms with van der Waals surface area (Å²) in [7, 11) is 0. The lowest BCUT2D eigenvalue weighted by atomic mass is 10.0. The zero-order chi connectivity index (χ0) is 13.4. The molecular formula is C14H10N2O3. The molecule has 1 heterocycles. The second kappa shape index (κ2) is 4.13. The predicted octanol–water partition coefficient (Wildman–Crippen LogP) is 3.59. The molecular weight excluding hydrogens is 244 g/mol. The first kappa shape index (κ1) is 11.3. The lowest BCUT2D eigenvalue weighted by Gasteiger charge is -1.97. The van der Waals surface area contributed by atoms with Gasteiger partial charge in [-0.25, -0.2) is 0 Å². The molecule has 0 radical (unpaired) electrons. The molecule has 0 saturated carbocycles. The van der Waals surface area contributed by atoms with Crippen molar-refractivity contribution in [3.05, 3.63) is 58.6 Å². The Labute approximate surface area is 108 Å². The summed E-state index contributed by atoms with van der Waals surface area (Å²) in [5.74, 6) is -0.258. The van der Waals surface area contributed by atoms with Crippen LogP contribution in [0.5, 0.6) is 0 Å². The molecule has 0 aliphatic carbocycles. The monoisotopic (exact) mass is 254 g/mol. The summed E-state index contributed by atoms with van der Waals surface area (Å²) < 4.78 is 5.32. The predicted molar refractivity (Wildman–Crippen MR) is 72.7 cm³/mol. The highest BCUT2D eigenvalue weighted by molar-refractivity contribution is 5.99. The van der Waals surface area contributed by atoms with E-state index in [0.717, 1.165) is 5.56 Å². The molecule has 3 rings (SSSR count). The van der Waals surface area contributed by atoms with Crippen LogP contribution in [0, 0.1) is 10.1 Å². The van der Waals surface area contributed by atoms with Crippen LogP contribution in [-0.2, 0) is 0 Å². The molecule has 5 nitrogen and oxygen atoms in total. The van der Waals surface area contributed by atoms with Crippen LogP contribution >= 0.6 is 0 Å². The second-order valence-corrected chi connectivity index (χ2v) is 4.16. The van der Waals surface area contributed by atoms with Crippen molar-refractivity contribution in [1.29, 1.82) is 0 Å². The molecule has 0 bridgehead atoms. The second-order valence-electron chi connectivity index (χ2n) is 4.16. The van der Waals surface area contributed by atoms with Gasteiger partial charge in [0, 0.05) is 17.1 Å². The van der Waals surface area contributed by atoms with E-state index < -0.39 is 4.92 Å². The largest absolute Gasteiger partial charge is 0.442 e. The summed E-state index contributed by atoms with van der Waals surface area (Å²) in [5, 5.41) is 11.8. The summed E-state index contributed by atoms with van der Waals surface area (Å²) in [6.45, 7) is 0. The van der Waals surface area contributed by atoms with Crippen LogP contribution in [0.2, 0.25) is 0 Å². The van der Waals surface area contributed by atoms with Crippen molar-refractivity contribution in [2.75, 3.05) is 5.73 Å². The molecule has 1 aromatic heterocycles. The Hall–Kier alpha value is -2.82. The number of benzene rings is 2. The Bertz CT molecular complexity index is 763. The number of nitrogens with two attached hydrogens (primary N) is 1. The van der Waals surface area contributed by atoms with Gasteiger partial charge in [0.25, 0.3) is 0 Å². The summed E-state index contributed by atoms with van der Waals surface area (Å²) >= 11 is 0. The third-order valence-corrected chi connectivity index (χ3v) is 2.92. The lowest BCUT2D eigenvalue weighted by Crippen LogP contribution is -1.88. The average molecular weight is 254 g/mol. The number of hydrogen-bond acceptors (Lipinski definition) is 4. The van der Waals surface area contributed by atoms with Gasteiger partial charge in [0.2, 0.25) is 0 Å². The summed E-state index contributed by atoms with van der Waals surface area (Å²) in [6.07, 6.45) is 0. The molecule has 0 saturated heterocycles. The molecule has 19 heavy (non-hydrogen) atoms. The van der Waals surface area contributed by atoms with Crippen molar-refractivity contribution in [3.8, 4) is 11.1 Å². The molecule has 94 valence electrons. The Morgan fingerprint density at radius 2 is 1.84 bits per heavy atom. The molecule has 5 heteroatoms. The zero-order valence-electron chi connectivity index (χ0n) is 9.87. The normalized spacial score (nSPS) is 10.7. The third-order valence-electron chi connectivity index (χ3n) is 2.92. The number of hydrogen-bond donors (Lipinski definition) is 1. The van der Waals surface area contributed by atoms with E-state index in [4.69, 9.17) is 10.2 Å². The van der Waals surface area contributed by atoms with Gasteiger partial charge in [-0.05, 0) is 17.7 Å². The Morgan fingerprint density at radius 1 is 1.11 bits per heavy atom. The SMILES string of the molecule is Nc1ccc2c(-c3ccccc3)c([N+](=O)[O-])oc2c1. The van der Waals surface area contributed by atoms with Gasteiger partial charge in [-0.2, -0.15) is 0 Å². The summed E-state index contributed by atoms with van der Waals surface area (Å²) in [4.78, 5) is 10.6.